The predicted octanol–water partition coefficient (Wildman–Crippen LogP) is 3.37. The van der Waals surface area contributed by atoms with E-state index in [9.17, 15) is 8.78 Å². The number of rotatable bonds is 4. The van der Waals surface area contributed by atoms with Gasteiger partial charge in [0, 0.05) is 18.0 Å². The van der Waals surface area contributed by atoms with Gasteiger partial charge < -0.3 is 4.52 Å². The lowest BCUT2D eigenvalue weighted by Crippen LogP contribution is -2.09. The van der Waals surface area contributed by atoms with Crippen molar-refractivity contribution in [1.82, 2.24) is 20.1 Å². The van der Waals surface area contributed by atoms with Gasteiger partial charge in [-0.2, -0.15) is 13.8 Å². The molecular weight excluding hydrogens is 298 g/mol. The maximum absolute atomic E-state index is 14.1. The molecule has 0 N–H and O–H groups in total. The first kappa shape index (κ1) is 13.6. The highest BCUT2D eigenvalue weighted by molar-refractivity contribution is 7.99. The smallest absolute Gasteiger partial charge is 0.331 e. The number of nitrogens with zero attached hydrogens (tertiary/aromatic N) is 4. The summed E-state index contributed by atoms with van der Waals surface area (Å²) in [6, 6.07) is 10.3. The summed E-state index contributed by atoms with van der Waals surface area (Å²) in [6.45, 7) is 0. The molecule has 0 fully saturated rings. The van der Waals surface area contributed by atoms with E-state index in [-0.39, 0.29) is 22.7 Å². The molecule has 0 unspecified atom stereocenters. The van der Waals surface area contributed by atoms with E-state index in [1.165, 1.54) is 12.4 Å². The number of alkyl halides is 2. The number of hydrogen-bond acceptors (Lipinski definition) is 6. The Morgan fingerprint density at radius 3 is 2.43 bits per heavy atom. The third-order valence-electron chi connectivity index (χ3n) is 2.47. The molecule has 8 heteroatoms. The standard InChI is InChI=1S/C13H8F2N4OS/c14-13(15,21-12-16-7-4-8-17-12)11-18-10(19-20-11)9-5-2-1-3-6-9/h1-8H. The third-order valence-corrected chi connectivity index (χ3v) is 3.29. The van der Waals surface area contributed by atoms with Gasteiger partial charge in [-0.15, -0.1) is 0 Å². The SMILES string of the molecule is FC(F)(Sc1ncccn1)c1nc(-c2ccccc2)no1. The van der Waals surface area contributed by atoms with Crippen molar-refractivity contribution >= 4 is 11.8 Å². The van der Waals surface area contributed by atoms with Crippen molar-refractivity contribution in [3.05, 3.63) is 54.7 Å². The zero-order valence-electron chi connectivity index (χ0n) is 10.5. The maximum Gasteiger partial charge on any atom is 0.378 e. The maximum atomic E-state index is 14.1. The van der Waals surface area contributed by atoms with Crippen LogP contribution in [0.5, 0.6) is 0 Å². The summed E-state index contributed by atoms with van der Waals surface area (Å²) in [6.07, 6.45) is 2.77. The topological polar surface area (TPSA) is 64.7 Å². The first-order valence-electron chi connectivity index (χ1n) is 5.88. The Hall–Kier alpha value is -2.35. The summed E-state index contributed by atoms with van der Waals surface area (Å²) < 4.78 is 32.8. The molecule has 0 spiro atoms. The number of hydrogen-bond donors (Lipinski definition) is 0. The Labute approximate surface area is 122 Å². The van der Waals surface area contributed by atoms with Crippen LogP contribution in [0.15, 0.2) is 58.5 Å². The monoisotopic (exact) mass is 306 g/mol. The van der Waals surface area contributed by atoms with E-state index < -0.39 is 11.1 Å². The van der Waals surface area contributed by atoms with Crippen LogP contribution < -0.4 is 0 Å². The Bertz CT molecular complexity index is 721. The molecule has 5 nitrogen and oxygen atoms in total. The van der Waals surface area contributed by atoms with Crippen LogP contribution in [0.2, 0.25) is 0 Å². The molecule has 21 heavy (non-hydrogen) atoms. The van der Waals surface area contributed by atoms with Crippen molar-refractivity contribution in [3.63, 3.8) is 0 Å². The van der Waals surface area contributed by atoms with Gasteiger partial charge in [0.25, 0.3) is 0 Å². The lowest BCUT2D eigenvalue weighted by atomic mass is 10.2. The number of halogens is 2. The number of thioether (sulfide) groups is 1. The van der Waals surface area contributed by atoms with Crippen molar-refractivity contribution in [2.45, 2.75) is 10.4 Å². The Morgan fingerprint density at radius 1 is 1.00 bits per heavy atom. The predicted molar refractivity (Wildman–Crippen MR) is 71.5 cm³/mol. The zero-order chi connectivity index (χ0) is 14.7. The molecule has 0 saturated carbocycles. The lowest BCUT2D eigenvalue weighted by Gasteiger charge is -2.08. The van der Waals surface area contributed by atoms with Crippen LogP contribution in [0.1, 0.15) is 5.89 Å². The third kappa shape index (κ3) is 3.05. The first-order valence-corrected chi connectivity index (χ1v) is 6.70. The summed E-state index contributed by atoms with van der Waals surface area (Å²) in [5.41, 5.74) is 0.601. The highest BCUT2D eigenvalue weighted by Gasteiger charge is 2.41. The Kier molecular flexibility index (Phi) is 3.61. The fourth-order valence-corrected chi connectivity index (χ4v) is 2.17. The molecule has 2 aromatic heterocycles. The van der Waals surface area contributed by atoms with Crippen LogP contribution >= 0.6 is 11.8 Å². The van der Waals surface area contributed by atoms with Crippen molar-refractivity contribution in [2.75, 3.05) is 0 Å². The molecule has 0 aliphatic carbocycles. The normalized spacial score (nSPS) is 11.5. The van der Waals surface area contributed by atoms with Crippen molar-refractivity contribution in [2.24, 2.45) is 0 Å². The Balaban J connectivity index is 1.85. The molecule has 0 radical (unpaired) electrons. The van der Waals surface area contributed by atoms with Gasteiger partial charge in [0.05, 0.1) is 0 Å². The molecule has 0 aliphatic rings. The van der Waals surface area contributed by atoms with E-state index in [1.807, 2.05) is 6.07 Å². The summed E-state index contributed by atoms with van der Waals surface area (Å²) in [4.78, 5) is 11.2. The highest BCUT2D eigenvalue weighted by atomic mass is 32.2. The minimum atomic E-state index is -3.40. The van der Waals surface area contributed by atoms with Gasteiger partial charge in [0.2, 0.25) is 5.82 Å². The minimum absolute atomic E-state index is 0.0676. The number of aromatic nitrogens is 4. The molecular formula is C13H8F2N4OS. The van der Waals surface area contributed by atoms with Crippen LogP contribution in [-0.2, 0) is 5.25 Å². The molecule has 3 rings (SSSR count). The van der Waals surface area contributed by atoms with E-state index in [0.717, 1.165) is 0 Å². The molecule has 3 aromatic rings. The van der Waals surface area contributed by atoms with Crippen molar-refractivity contribution in [1.29, 1.82) is 0 Å². The number of benzene rings is 1. The summed E-state index contributed by atoms with van der Waals surface area (Å²) in [5, 5.41) is 0.105. The Morgan fingerprint density at radius 2 is 1.71 bits per heavy atom. The van der Waals surface area contributed by atoms with E-state index >= 15 is 0 Å². The van der Waals surface area contributed by atoms with Crippen molar-refractivity contribution in [3.8, 4) is 11.4 Å². The second-order valence-electron chi connectivity index (χ2n) is 3.94. The van der Waals surface area contributed by atoms with Gasteiger partial charge in [-0.3, -0.25) is 0 Å². The van der Waals surface area contributed by atoms with Crippen LogP contribution in [-0.4, -0.2) is 20.1 Å². The molecule has 0 atom stereocenters. The van der Waals surface area contributed by atoms with Gasteiger partial charge >= 0.3 is 11.1 Å². The molecule has 1 aromatic carbocycles. The highest BCUT2D eigenvalue weighted by Crippen LogP contribution is 2.42. The average molecular weight is 306 g/mol. The zero-order valence-corrected chi connectivity index (χ0v) is 11.3. The van der Waals surface area contributed by atoms with Gasteiger partial charge in [0.1, 0.15) is 0 Å². The van der Waals surface area contributed by atoms with Crippen LogP contribution in [0, 0.1) is 0 Å². The summed E-state index contributed by atoms with van der Waals surface area (Å²) in [5.74, 6) is -0.668. The molecule has 2 heterocycles. The minimum Gasteiger partial charge on any atom is -0.331 e. The largest absolute Gasteiger partial charge is 0.378 e. The van der Waals surface area contributed by atoms with Gasteiger partial charge in [-0.1, -0.05) is 35.5 Å². The molecule has 0 amide bonds. The quantitative estimate of drug-likeness (QED) is 0.544. The van der Waals surface area contributed by atoms with Crippen molar-refractivity contribution < 1.29 is 13.3 Å². The average Bonchev–Trinajstić information content (AvgIpc) is 2.99. The summed E-state index contributed by atoms with van der Waals surface area (Å²) >= 11 is 0.156. The van der Waals surface area contributed by atoms with E-state index in [0.29, 0.717) is 5.56 Å². The van der Waals surface area contributed by atoms with Gasteiger partial charge in [-0.05, 0) is 17.8 Å². The van der Waals surface area contributed by atoms with Gasteiger partial charge in [0.15, 0.2) is 5.16 Å². The molecule has 0 saturated heterocycles. The molecule has 0 aliphatic heterocycles. The van der Waals surface area contributed by atoms with E-state index in [1.54, 1.807) is 30.3 Å². The van der Waals surface area contributed by atoms with E-state index in [4.69, 9.17) is 0 Å². The molecule has 106 valence electrons. The van der Waals surface area contributed by atoms with Crippen LogP contribution in [0.25, 0.3) is 11.4 Å². The van der Waals surface area contributed by atoms with E-state index in [2.05, 4.69) is 24.6 Å². The first-order chi connectivity index (χ1) is 10.1. The van der Waals surface area contributed by atoms with Crippen LogP contribution in [0.4, 0.5) is 8.78 Å². The molecule has 0 bridgehead atoms. The van der Waals surface area contributed by atoms with Crippen LogP contribution in [0.3, 0.4) is 0 Å². The van der Waals surface area contributed by atoms with Gasteiger partial charge in [-0.25, -0.2) is 9.97 Å². The second-order valence-corrected chi connectivity index (χ2v) is 5.02. The fraction of sp³-hybridized carbons (Fsp3) is 0.0769. The second kappa shape index (κ2) is 5.57. The fourth-order valence-electron chi connectivity index (χ4n) is 1.54. The lowest BCUT2D eigenvalue weighted by molar-refractivity contribution is 0.0638. The summed E-state index contributed by atoms with van der Waals surface area (Å²) in [7, 11) is 0.